The van der Waals surface area contributed by atoms with Crippen LogP contribution in [0.15, 0.2) is 0 Å². The highest BCUT2D eigenvalue weighted by Gasteiger charge is 2.33. The largest absolute Gasteiger partial charge is 0.313 e. The van der Waals surface area contributed by atoms with Crippen molar-refractivity contribution in [2.75, 3.05) is 24.6 Å². The molecule has 18 heavy (non-hydrogen) atoms. The maximum atomic E-state index is 11.6. The topological polar surface area (TPSA) is 49.4 Å². The molecule has 1 heterocycles. The standard InChI is InChI=1S/C13H28N2O2S/c1-10(2)13(8-14-11(3)4)15-6-7-18(16,17)9-12(15)5/h10-14H,6-9H2,1-5H3. The van der Waals surface area contributed by atoms with E-state index in [-0.39, 0.29) is 6.04 Å². The zero-order valence-electron chi connectivity index (χ0n) is 12.3. The lowest BCUT2D eigenvalue weighted by Crippen LogP contribution is -2.56. The van der Waals surface area contributed by atoms with Gasteiger partial charge in [-0.15, -0.1) is 0 Å². The van der Waals surface area contributed by atoms with Gasteiger partial charge in [0, 0.05) is 31.2 Å². The molecular formula is C13H28N2O2S. The minimum absolute atomic E-state index is 0.130. The van der Waals surface area contributed by atoms with Crippen LogP contribution >= 0.6 is 0 Å². The summed E-state index contributed by atoms with van der Waals surface area (Å²) in [4.78, 5) is 2.36. The van der Waals surface area contributed by atoms with E-state index in [9.17, 15) is 8.42 Å². The fourth-order valence-corrected chi connectivity index (χ4v) is 4.18. The SMILES string of the molecule is CC(C)NCC(C(C)C)N1CCS(=O)(=O)CC1C. The van der Waals surface area contributed by atoms with E-state index >= 15 is 0 Å². The van der Waals surface area contributed by atoms with E-state index in [1.54, 1.807) is 0 Å². The molecule has 1 N–H and O–H groups in total. The first-order valence-electron chi connectivity index (χ1n) is 6.92. The second kappa shape index (κ2) is 6.35. The van der Waals surface area contributed by atoms with E-state index in [0.717, 1.165) is 6.54 Å². The summed E-state index contributed by atoms with van der Waals surface area (Å²) in [6.45, 7) is 12.3. The molecule has 0 saturated carbocycles. The molecule has 5 heteroatoms. The summed E-state index contributed by atoms with van der Waals surface area (Å²) in [5.41, 5.74) is 0. The van der Waals surface area contributed by atoms with Gasteiger partial charge in [0.25, 0.3) is 0 Å². The summed E-state index contributed by atoms with van der Waals surface area (Å²) < 4.78 is 23.2. The van der Waals surface area contributed by atoms with Crippen molar-refractivity contribution in [1.29, 1.82) is 0 Å². The molecule has 0 bridgehead atoms. The van der Waals surface area contributed by atoms with Gasteiger partial charge < -0.3 is 5.32 Å². The predicted octanol–water partition coefficient (Wildman–Crippen LogP) is 1.13. The van der Waals surface area contributed by atoms with Gasteiger partial charge >= 0.3 is 0 Å². The molecule has 0 spiro atoms. The lowest BCUT2D eigenvalue weighted by Gasteiger charge is -2.41. The molecule has 1 aliphatic heterocycles. The Morgan fingerprint density at radius 1 is 1.28 bits per heavy atom. The Hall–Kier alpha value is -0.130. The molecule has 108 valence electrons. The first kappa shape index (κ1) is 15.9. The maximum Gasteiger partial charge on any atom is 0.153 e. The molecule has 0 aromatic rings. The minimum atomic E-state index is -2.82. The van der Waals surface area contributed by atoms with Gasteiger partial charge in [0.15, 0.2) is 9.84 Å². The van der Waals surface area contributed by atoms with Crippen LogP contribution < -0.4 is 5.32 Å². The first-order valence-corrected chi connectivity index (χ1v) is 8.74. The van der Waals surface area contributed by atoms with Gasteiger partial charge in [-0.25, -0.2) is 8.42 Å². The zero-order valence-corrected chi connectivity index (χ0v) is 13.1. The smallest absolute Gasteiger partial charge is 0.153 e. The number of nitrogens with zero attached hydrogens (tertiary/aromatic N) is 1. The minimum Gasteiger partial charge on any atom is -0.313 e. The molecule has 0 amide bonds. The Bertz CT molecular complexity index is 352. The molecule has 0 radical (unpaired) electrons. The summed E-state index contributed by atoms with van der Waals surface area (Å²) in [5, 5.41) is 3.47. The van der Waals surface area contributed by atoms with Crippen LogP contribution in [0.25, 0.3) is 0 Å². The molecular weight excluding hydrogens is 248 g/mol. The quantitative estimate of drug-likeness (QED) is 0.818. The zero-order chi connectivity index (χ0) is 13.9. The third-order valence-electron chi connectivity index (χ3n) is 3.65. The van der Waals surface area contributed by atoms with Crippen molar-refractivity contribution in [3.8, 4) is 0 Å². The molecule has 2 atom stereocenters. The van der Waals surface area contributed by atoms with Crippen LogP contribution in [0.2, 0.25) is 0 Å². The van der Waals surface area contributed by atoms with Gasteiger partial charge in [-0.05, 0) is 12.8 Å². The van der Waals surface area contributed by atoms with Crippen LogP contribution in [0.5, 0.6) is 0 Å². The third kappa shape index (κ3) is 4.52. The predicted molar refractivity (Wildman–Crippen MR) is 76.6 cm³/mol. The third-order valence-corrected chi connectivity index (χ3v) is 5.45. The fourth-order valence-electron chi connectivity index (χ4n) is 2.60. The second-order valence-electron chi connectivity index (χ2n) is 6.08. The second-order valence-corrected chi connectivity index (χ2v) is 8.30. The Morgan fingerprint density at radius 3 is 2.33 bits per heavy atom. The molecule has 1 fully saturated rings. The average Bonchev–Trinajstić information content (AvgIpc) is 2.19. The molecule has 2 unspecified atom stereocenters. The summed E-state index contributed by atoms with van der Waals surface area (Å²) in [7, 11) is -2.82. The highest BCUT2D eigenvalue weighted by molar-refractivity contribution is 7.91. The van der Waals surface area contributed by atoms with E-state index in [1.807, 2.05) is 6.92 Å². The van der Waals surface area contributed by atoms with E-state index < -0.39 is 9.84 Å². The Morgan fingerprint density at radius 2 is 1.89 bits per heavy atom. The van der Waals surface area contributed by atoms with Crippen molar-refractivity contribution in [2.45, 2.75) is 52.7 Å². The van der Waals surface area contributed by atoms with Crippen LogP contribution in [-0.4, -0.2) is 56.0 Å². The number of sulfone groups is 1. The molecule has 1 aliphatic rings. The van der Waals surface area contributed by atoms with Crippen LogP contribution in [0.1, 0.15) is 34.6 Å². The highest BCUT2D eigenvalue weighted by Crippen LogP contribution is 2.19. The highest BCUT2D eigenvalue weighted by atomic mass is 32.2. The number of nitrogens with one attached hydrogen (secondary N) is 1. The fraction of sp³-hybridized carbons (Fsp3) is 1.00. The molecule has 0 aromatic carbocycles. The lowest BCUT2D eigenvalue weighted by molar-refractivity contribution is 0.118. The molecule has 4 nitrogen and oxygen atoms in total. The van der Waals surface area contributed by atoms with Crippen molar-refractivity contribution < 1.29 is 8.42 Å². The monoisotopic (exact) mass is 276 g/mol. The van der Waals surface area contributed by atoms with Crippen molar-refractivity contribution >= 4 is 9.84 Å². The summed E-state index contributed by atoms with van der Waals surface area (Å²) in [6.07, 6.45) is 0. The Balaban J connectivity index is 2.69. The van der Waals surface area contributed by atoms with E-state index in [4.69, 9.17) is 0 Å². The average molecular weight is 276 g/mol. The number of hydrogen-bond donors (Lipinski definition) is 1. The summed E-state index contributed by atoms with van der Waals surface area (Å²) in [6, 6.07) is 1.01. The van der Waals surface area contributed by atoms with Crippen LogP contribution in [0, 0.1) is 5.92 Å². The van der Waals surface area contributed by atoms with Crippen LogP contribution in [-0.2, 0) is 9.84 Å². The van der Waals surface area contributed by atoms with Crippen molar-refractivity contribution in [3.05, 3.63) is 0 Å². The Labute approximate surface area is 112 Å². The molecule has 0 aliphatic carbocycles. The Kier molecular flexibility index (Phi) is 5.62. The van der Waals surface area contributed by atoms with Gasteiger partial charge in [-0.2, -0.15) is 0 Å². The van der Waals surface area contributed by atoms with E-state index in [2.05, 4.69) is 37.9 Å². The molecule has 1 saturated heterocycles. The first-order chi connectivity index (χ1) is 8.23. The van der Waals surface area contributed by atoms with Gasteiger partial charge in [0.1, 0.15) is 0 Å². The van der Waals surface area contributed by atoms with Gasteiger partial charge in [-0.1, -0.05) is 27.7 Å². The molecule has 1 rings (SSSR count). The van der Waals surface area contributed by atoms with Crippen molar-refractivity contribution in [3.63, 3.8) is 0 Å². The lowest BCUT2D eigenvalue weighted by atomic mass is 10.0. The maximum absolute atomic E-state index is 11.6. The number of hydrogen-bond acceptors (Lipinski definition) is 4. The van der Waals surface area contributed by atoms with Gasteiger partial charge in [0.05, 0.1) is 11.5 Å². The van der Waals surface area contributed by atoms with Crippen LogP contribution in [0.3, 0.4) is 0 Å². The van der Waals surface area contributed by atoms with Crippen molar-refractivity contribution in [1.82, 2.24) is 10.2 Å². The summed E-state index contributed by atoms with van der Waals surface area (Å²) in [5.74, 6) is 1.14. The molecule has 0 aromatic heterocycles. The van der Waals surface area contributed by atoms with E-state index in [0.29, 0.717) is 36.1 Å². The number of rotatable bonds is 5. The van der Waals surface area contributed by atoms with E-state index in [1.165, 1.54) is 0 Å². The van der Waals surface area contributed by atoms with Gasteiger partial charge in [-0.3, -0.25) is 4.90 Å². The van der Waals surface area contributed by atoms with Gasteiger partial charge in [0.2, 0.25) is 0 Å². The normalized spacial score (nSPS) is 26.7. The summed E-state index contributed by atoms with van der Waals surface area (Å²) >= 11 is 0. The van der Waals surface area contributed by atoms with Crippen LogP contribution in [0.4, 0.5) is 0 Å². The van der Waals surface area contributed by atoms with Crippen molar-refractivity contribution in [2.24, 2.45) is 5.92 Å².